The maximum Gasteiger partial charge on any atom is 0.335 e. The number of benzene rings is 2. The molecule has 0 aliphatic rings. The Bertz CT molecular complexity index is 769. The average Bonchev–Trinajstić information content (AvgIpc) is 2.97. The molecule has 4 nitrogen and oxygen atoms in total. The third kappa shape index (κ3) is 3.09. The van der Waals surface area contributed by atoms with Crippen molar-refractivity contribution in [1.82, 2.24) is 4.98 Å². The van der Waals surface area contributed by atoms with E-state index in [4.69, 9.17) is 5.11 Å². The number of hydrogen-bond acceptors (Lipinski definition) is 4. The van der Waals surface area contributed by atoms with Gasteiger partial charge in [-0.1, -0.05) is 30.3 Å². The van der Waals surface area contributed by atoms with Crippen molar-refractivity contribution in [1.29, 1.82) is 0 Å². The van der Waals surface area contributed by atoms with E-state index in [0.717, 1.165) is 22.1 Å². The van der Waals surface area contributed by atoms with Crippen molar-refractivity contribution in [2.75, 3.05) is 5.32 Å². The van der Waals surface area contributed by atoms with Crippen molar-refractivity contribution < 1.29 is 9.90 Å². The Morgan fingerprint density at radius 3 is 2.67 bits per heavy atom. The van der Waals surface area contributed by atoms with E-state index in [1.54, 1.807) is 18.2 Å². The minimum absolute atomic E-state index is 0.262. The number of carboxylic acid groups (broad SMARTS) is 1. The highest BCUT2D eigenvalue weighted by Gasteiger charge is 2.08. The summed E-state index contributed by atoms with van der Waals surface area (Å²) in [7, 11) is 0. The molecule has 0 saturated heterocycles. The number of carboxylic acids is 1. The fourth-order valence-corrected chi connectivity index (χ4v) is 2.66. The van der Waals surface area contributed by atoms with Crippen molar-refractivity contribution in [2.24, 2.45) is 0 Å². The maximum absolute atomic E-state index is 11.0. The number of rotatable bonds is 4. The van der Waals surface area contributed by atoms with Crippen LogP contribution in [0.2, 0.25) is 0 Å². The molecule has 0 atom stereocenters. The first-order chi connectivity index (χ1) is 10.2. The van der Waals surface area contributed by atoms with Gasteiger partial charge in [0.05, 0.1) is 11.3 Å². The predicted molar refractivity (Wildman–Crippen MR) is 84.2 cm³/mol. The summed E-state index contributed by atoms with van der Waals surface area (Å²) < 4.78 is 0. The van der Waals surface area contributed by atoms with Crippen molar-refractivity contribution >= 4 is 28.1 Å². The van der Waals surface area contributed by atoms with Crippen LogP contribution in [0.4, 0.5) is 10.8 Å². The standard InChI is InChI=1S/C16H12N2O2S/c19-15(20)12-6-4-5-11(9-12)14-10-21-16(18-14)17-13-7-2-1-3-8-13/h1-10H,(H,17,18)(H,19,20). The van der Waals surface area contributed by atoms with Crippen LogP contribution >= 0.6 is 11.3 Å². The zero-order chi connectivity index (χ0) is 14.7. The van der Waals surface area contributed by atoms with Gasteiger partial charge in [-0.2, -0.15) is 0 Å². The highest BCUT2D eigenvalue weighted by Crippen LogP contribution is 2.27. The molecule has 1 heterocycles. The lowest BCUT2D eigenvalue weighted by molar-refractivity contribution is 0.0697. The Kier molecular flexibility index (Phi) is 3.66. The topological polar surface area (TPSA) is 62.2 Å². The minimum atomic E-state index is -0.935. The Labute approximate surface area is 125 Å². The number of aromatic carboxylic acids is 1. The normalized spacial score (nSPS) is 10.3. The zero-order valence-corrected chi connectivity index (χ0v) is 11.8. The predicted octanol–water partition coefficient (Wildman–Crippen LogP) is 4.25. The number of hydrogen-bond donors (Lipinski definition) is 2. The summed E-state index contributed by atoms with van der Waals surface area (Å²) >= 11 is 1.48. The van der Waals surface area contributed by atoms with Crippen LogP contribution in [0.15, 0.2) is 60.0 Å². The number of thiazole rings is 1. The van der Waals surface area contributed by atoms with E-state index in [2.05, 4.69) is 10.3 Å². The lowest BCUT2D eigenvalue weighted by Crippen LogP contribution is -1.95. The largest absolute Gasteiger partial charge is 0.478 e. The number of anilines is 2. The van der Waals surface area contributed by atoms with Crippen LogP contribution in [0.25, 0.3) is 11.3 Å². The maximum atomic E-state index is 11.0. The van der Waals surface area contributed by atoms with Crippen LogP contribution in [-0.2, 0) is 0 Å². The second-order valence-corrected chi connectivity index (χ2v) is 5.27. The number of aromatic nitrogens is 1. The van der Waals surface area contributed by atoms with E-state index < -0.39 is 5.97 Å². The Morgan fingerprint density at radius 1 is 1.10 bits per heavy atom. The van der Waals surface area contributed by atoms with Crippen molar-refractivity contribution in [3.05, 3.63) is 65.5 Å². The second-order valence-electron chi connectivity index (χ2n) is 4.41. The van der Waals surface area contributed by atoms with Crippen molar-refractivity contribution in [3.8, 4) is 11.3 Å². The molecule has 3 rings (SSSR count). The first-order valence-electron chi connectivity index (χ1n) is 6.34. The minimum Gasteiger partial charge on any atom is -0.478 e. The van der Waals surface area contributed by atoms with E-state index in [0.29, 0.717) is 0 Å². The molecule has 0 bridgehead atoms. The van der Waals surface area contributed by atoms with Gasteiger partial charge >= 0.3 is 5.97 Å². The van der Waals surface area contributed by atoms with Crippen molar-refractivity contribution in [3.63, 3.8) is 0 Å². The van der Waals surface area contributed by atoms with E-state index in [9.17, 15) is 4.79 Å². The quantitative estimate of drug-likeness (QED) is 0.755. The van der Waals surface area contributed by atoms with Crippen LogP contribution in [-0.4, -0.2) is 16.1 Å². The molecular formula is C16H12N2O2S. The summed E-state index contributed by atoms with van der Waals surface area (Å²) in [5.74, 6) is -0.935. The molecule has 2 aromatic carbocycles. The molecule has 3 aromatic rings. The smallest absolute Gasteiger partial charge is 0.335 e. The van der Waals surface area contributed by atoms with Crippen LogP contribution in [0.5, 0.6) is 0 Å². The molecule has 1 aromatic heterocycles. The van der Waals surface area contributed by atoms with E-state index in [1.807, 2.05) is 41.8 Å². The van der Waals surface area contributed by atoms with E-state index >= 15 is 0 Å². The Balaban J connectivity index is 1.85. The summed E-state index contributed by atoms with van der Waals surface area (Å²) in [4.78, 5) is 15.5. The highest BCUT2D eigenvalue weighted by atomic mass is 32.1. The molecule has 0 aliphatic heterocycles. The van der Waals surface area contributed by atoms with E-state index in [1.165, 1.54) is 11.3 Å². The molecule has 5 heteroatoms. The van der Waals surface area contributed by atoms with Gasteiger partial charge in [0.2, 0.25) is 0 Å². The van der Waals surface area contributed by atoms with Crippen LogP contribution in [0.3, 0.4) is 0 Å². The molecule has 0 radical (unpaired) electrons. The van der Waals surface area contributed by atoms with Gasteiger partial charge in [0.25, 0.3) is 0 Å². The molecule has 21 heavy (non-hydrogen) atoms. The van der Waals surface area contributed by atoms with Gasteiger partial charge in [0.15, 0.2) is 5.13 Å². The molecule has 2 N–H and O–H groups in total. The Hall–Kier alpha value is -2.66. The summed E-state index contributed by atoms with van der Waals surface area (Å²) in [6.07, 6.45) is 0. The van der Waals surface area contributed by atoms with Crippen molar-refractivity contribution in [2.45, 2.75) is 0 Å². The number of nitrogens with one attached hydrogen (secondary N) is 1. The summed E-state index contributed by atoms with van der Waals surface area (Å²) in [5, 5.41) is 14.9. The molecule has 0 amide bonds. The highest BCUT2D eigenvalue weighted by molar-refractivity contribution is 7.14. The van der Waals surface area contributed by atoms with Gasteiger partial charge in [-0.15, -0.1) is 11.3 Å². The monoisotopic (exact) mass is 296 g/mol. The summed E-state index contributed by atoms with van der Waals surface area (Å²) in [6, 6.07) is 16.6. The fourth-order valence-electron chi connectivity index (χ4n) is 1.92. The van der Waals surface area contributed by atoms with Gasteiger partial charge in [-0.3, -0.25) is 0 Å². The van der Waals surface area contributed by atoms with Crippen LogP contribution in [0.1, 0.15) is 10.4 Å². The SMILES string of the molecule is O=C(O)c1cccc(-c2csc(Nc3ccccc3)n2)c1. The van der Waals surface area contributed by atoms with Crippen LogP contribution in [0, 0.1) is 0 Å². The summed E-state index contributed by atoms with van der Waals surface area (Å²) in [6.45, 7) is 0. The van der Waals surface area contributed by atoms with Gasteiger partial charge in [-0.05, 0) is 24.3 Å². The van der Waals surface area contributed by atoms with Gasteiger partial charge in [0, 0.05) is 16.6 Å². The third-order valence-corrected chi connectivity index (χ3v) is 3.69. The van der Waals surface area contributed by atoms with Crippen LogP contribution < -0.4 is 5.32 Å². The fraction of sp³-hybridized carbons (Fsp3) is 0. The number of carbonyl (C=O) groups is 1. The third-order valence-electron chi connectivity index (χ3n) is 2.93. The molecule has 0 unspecified atom stereocenters. The Morgan fingerprint density at radius 2 is 1.90 bits per heavy atom. The zero-order valence-electron chi connectivity index (χ0n) is 11.0. The molecule has 0 fully saturated rings. The average molecular weight is 296 g/mol. The van der Waals surface area contributed by atoms with Gasteiger partial charge in [-0.25, -0.2) is 9.78 Å². The lowest BCUT2D eigenvalue weighted by Gasteiger charge is -2.01. The first-order valence-corrected chi connectivity index (χ1v) is 7.22. The molecule has 0 saturated carbocycles. The summed E-state index contributed by atoms with van der Waals surface area (Å²) in [5.41, 5.74) is 2.80. The van der Waals surface area contributed by atoms with Gasteiger partial charge in [0.1, 0.15) is 0 Å². The molecule has 0 aliphatic carbocycles. The molecule has 104 valence electrons. The number of para-hydroxylation sites is 1. The van der Waals surface area contributed by atoms with Gasteiger partial charge < -0.3 is 10.4 Å². The molecular weight excluding hydrogens is 284 g/mol. The lowest BCUT2D eigenvalue weighted by atomic mass is 10.1. The first kappa shape index (κ1) is 13.3. The number of nitrogens with zero attached hydrogens (tertiary/aromatic N) is 1. The van der Waals surface area contributed by atoms with E-state index in [-0.39, 0.29) is 5.56 Å². The second kappa shape index (κ2) is 5.76. The molecule has 0 spiro atoms.